The van der Waals surface area contributed by atoms with Gasteiger partial charge in [0, 0.05) is 31.9 Å². The molecule has 0 aliphatic heterocycles. The van der Waals surface area contributed by atoms with E-state index in [-0.39, 0.29) is 5.82 Å². The van der Waals surface area contributed by atoms with E-state index in [1.54, 1.807) is 16.8 Å². The molecule has 0 saturated heterocycles. The predicted octanol–water partition coefficient (Wildman–Crippen LogP) is 2.07. The fraction of sp³-hybridized carbons (Fsp3) is 0.357. The van der Waals surface area contributed by atoms with E-state index in [0.29, 0.717) is 12.4 Å². The Hall–Kier alpha value is -1.88. The second kappa shape index (κ2) is 6.33. The second-order valence-corrected chi connectivity index (χ2v) is 4.56. The van der Waals surface area contributed by atoms with Gasteiger partial charge in [-0.3, -0.25) is 9.58 Å². The molecule has 2 rings (SSSR count). The monoisotopic (exact) mass is 263 g/mol. The molecular weight excluding hydrogens is 245 g/mol. The van der Waals surface area contributed by atoms with Gasteiger partial charge in [-0.1, -0.05) is 0 Å². The number of hydrogen-bond acceptors (Lipinski definition) is 3. The largest absolute Gasteiger partial charge is 0.492 e. The number of likely N-dealkylation sites (N-methyl/N-ethyl adjacent to an activating group) is 1. The number of ether oxygens (including phenoxy) is 1. The molecule has 0 N–H and O–H groups in total. The van der Waals surface area contributed by atoms with Crippen molar-refractivity contribution in [1.29, 1.82) is 0 Å². The molecular formula is C14H18FN3O. The van der Waals surface area contributed by atoms with Crippen LogP contribution in [0.25, 0.3) is 0 Å². The third kappa shape index (κ3) is 4.37. The molecule has 0 aliphatic rings. The smallest absolute Gasteiger partial charge is 0.123 e. The molecule has 4 nitrogen and oxygen atoms in total. The van der Waals surface area contributed by atoms with Crippen molar-refractivity contribution >= 4 is 0 Å². The van der Waals surface area contributed by atoms with Gasteiger partial charge in [-0.15, -0.1) is 0 Å². The van der Waals surface area contributed by atoms with E-state index in [1.807, 2.05) is 26.5 Å². The van der Waals surface area contributed by atoms with E-state index in [2.05, 4.69) is 10.00 Å². The number of halogens is 1. The summed E-state index contributed by atoms with van der Waals surface area (Å²) in [6.07, 6.45) is 3.86. The summed E-state index contributed by atoms with van der Waals surface area (Å²) in [4.78, 5) is 2.15. The topological polar surface area (TPSA) is 30.3 Å². The minimum atomic E-state index is -0.249. The molecule has 0 radical (unpaired) electrons. The van der Waals surface area contributed by atoms with E-state index in [0.717, 1.165) is 13.1 Å². The zero-order valence-electron chi connectivity index (χ0n) is 11.2. The molecule has 0 spiro atoms. The Kier molecular flexibility index (Phi) is 4.52. The van der Waals surface area contributed by atoms with Crippen molar-refractivity contribution in [2.75, 3.05) is 20.2 Å². The van der Waals surface area contributed by atoms with Crippen molar-refractivity contribution in [3.8, 4) is 5.75 Å². The van der Waals surface area contributed by atoms with Gasteiger partial charge < -0.3 is 4.74 Å². The van der Waals surface area contributed by atoms with Gasteiger partial charge in [0.05, 0.1) is 6.20 Å². The Bertz CT molecular complexity index is 510. The van der Waals surface area contributed by atoms with Gasteiger partial charge in [-0.05, 0) is 31.3 Å². The maximum atomic E-state index is 12.7. The molecule has 1 aromatic carbocycles. The van der Waals surface area contributed by atoms with Crippen LogP contribution in [0, 0.1) is 5.82 Å². The number of aromatic nitrogens is 2. The van der Waals surface area contributed by atoms with Gasteiger partial charge in [0.2, 0.25) is 0 Å². The Morgan fingerprint density at radius 3 is 2.68 bits per heavy atom. The summed E-state index contributed by atoms with van der Waals surface area (Å²) in [6.45, 7) is 2.20. The van der Waals surface area contributed by atoms with Gasteiger partial charge >= 0.3 is 0 Å². The lowest BCUT2D eigenvalue weighted by molar-refractivity contribution is 0.232. The van der Waals surface area contributed by atoms with E-state index >= 15 is 0 Å². The van der Waals surface area contributed by atoms with E-state index in [9.17, 15) is 4.39 Å². The Morgan fingerprint density at radius 2 is 2.05 bits per heavy atom. The van der Waals surface area contributed by atoms with Crippen LogP contribution in [0.3, 0.4) is 0 Å². The number of rotatable bonds is 6. The van der Waals surface area contributed by atoms with E-state index in [1.165, 1.54) is 17.7 Å². The summed E-state index contributed by atoms with van der Waals surface area (Å²) in [6, 6.07) is 6.07. The molecule has 0 aliphatic carbocycles. The maximum Gasteiger partial charge on any atom is 0.123 e. The highest BCUT2D eigenvalue weighted by molar-refractivity contribution is 5.21. The third-order valence-electron chi connectivity index (χ3n) is 2.77. The minimum Gasteiger partial charge on any atom is -0.492 e. The molecule has 1 aromatic heterocycles. The molecule has 0 amide bonds. The van der Waals surface area contributed by atoms with Crippen LogP contribution in [0.2, 0.25) is 0 Å². The van der Waals surface area contributed by atoms with Crippen molar-refractivity contribution in [3.63, 3.8) is 0 Å². The predicted molar refractivity (Wildman–Crippen MR) is 71.4 cm³/mol. The first-order valence-electron chi connectivity index (χ1n) is 6.18. The first-order chi connectivity index (χ1) is 9.13. The molecule has 19 heavy (non-hydrogen) atoms. The Balaban J connectivity index is 1.71. The Morgan fingerprint density at radius 1 is 1.32 bits per heavy atom. The SMILES string of the molecule is CN(CCOc1ccc(F)cc1)Cc1cnn(C)c1. The van der Waals surface area contributed by atoms with Gasteiger partial charge in [-0.2, -0.15) is 5.10 Å². The first kappa shape index (κ1) is 13.5. The maximum absolute atomic E-state index is 12.7. The van der Waals surface area contributed by atoms with Crippen LogP contribution in [0.1, 0.15) is 5.56 Å². The molecule has 0 bridgehead atoms. The Labute approximate surface area is 112 Å². The number of hydrogen-bond donors (Lipinski definition) is 0. The quantitative estimate of drug-likeness (QED) is 0.799. The number of nitrogens with zero attached hydrogens (tertiary/aromatic N) is 3. The van der Waals surface area contributed by atoms with Crippen LogP contribution in [0.15, 0.2) is 36.7 Å². The van der Waals surface area contributed by atoms with Crippen molar-refractivity contribution in [2.45, 2.75) is 6.54 Å². The van der Waals surface area contributed by atoms with Crippen molar-refractivity contribution in [2.24, 2.45) is 7.05 Å². The lowest BCUT2D eigenvalue weighted by Gasteiger charge is -2.15. The van der Waals surface area contributed by atoms with Crippen molar-refractivity contribution in [3.05, 3.63) is 48.0 Å². The lowest BCUT2D eigenvalue weighted by atomic mass is 10.3. The average molecular weight is 263 g/mol. The lowest BCUT2D eigenvalue weighted by Crippen LogP contribution is -2.23. The van der Waals surface area contributed by atoms with Gasteiger partial charge in [0.15, 0.2) is 0 Å². The molecule has 102 valence electrons. The summed E-state index contributed by atoms with van der Waals surface area (Å²) in [5.41, 5.74) is 1.17. The van der Waals surface area contributed by atoms with Crippen LogP contribution >= 0.6 is 0 Å². The van der Waals surface area contributed by atoms with Crippen molar-refractivity contribution in [1.82, 2.24) is 14.7 Å². The second-order valence-electron chi connectivity index (χ2n) is 4.56. The third-order valence-corrected chi connectivity index (χ3v) is 2.77. The number of benzene rings is 1. The molecule has 0 unspecified atom stereocenters. The van der Waals surface area contributed by atoms with E-state index < -0.39 is 0 Å². The van der Waals surface area contributed by atoms with Gasteiger partial charge in [0.25, 0.3) is 0 Å². The zero-order chi connectivity index (χ0) is 13.7. The molecule has 0 saturated carbocycles. The summed E-state index contributed by atoms with van der Waals surface area (Å²) in [5, 5.41) is 4.13. The normalized spacial score (nSPS) is 10.9. The summed E-state index contributed by atoms with van der Waals surface area (Å²) >= 11 is 0. The highest BCUT2D eigenvalue weighted by Gasteiger charge is 2.02. The molecule has 1 heterocycles. The summed E-state index contributed by atoms with van der Waals surface area (Å²) in [7, 11) is 3.93. The first-order valence-corrected chi connectivity index (χ1v) is 6.18. The van der Waals surface area contributed by atoms with Crippen LogP contribution in [-0.4, -0.2) is 34.9 Å². The van der Waals surface area contributed by atoms with Crippen LogP contribution in [0.4, 0.5) is 4.39 Å². The van der Waals surface area contributed by atoms with Crippen molar-refractivity contribution < 1.29 is 9.13 Å². The van der Waals surface area contributed by atoms with Crippen LogP contribution < -0.4 is 4.74 Å². The van der Waals surface area contributed by atoms with Crippen LogP contribution in [-0.2, 0) is 13.6 Å². The summed E-state index contributed by atoms with van der Waals surface area (Å²) in [5.74, 6) is 0.442. The highest BCUT2D eigenvalue weighted by atomic mass is 19.1. The molecule has 0 fully saturated rings. The van der Waals surface area contributed by atoms with Gasteiger partial charge in [-0.25, -0.2) is 4.39 Å². The fourth-order valence-corrected chi connectivity index (χ4v) is 1.79. The van der Waals surface area contributed by atoms with Gasteiger partial charge in [0.1, 0.15) is 18.2 Å². The van der Waals surface area contributed by atoms with E-state index in [4.69, 9.17) is 4.74 Å². The zero-order valence-corrected chi connectivity index (χ0v) is 11.2. The van der Waals surface area contributed by atoms with Crippen LogP contribution in [0.5, 0.6) is 5.75 Å². The minimum absolute atomic E-state index is 0.249. The summed E-state index contributed by atoms with van der Waals surface area (Å²) < 4.78 is 20.0. The molecule has 0 atom stereocenters. The standard InChI is InChI=1S/C14H18FN3O/c1-17(10-12-9-16-18(2)11-12)7-8-19-14-5-3-13(15)4-6-14/h3-6,9,11H,7-8,10H2,1-2H3. The molecule has 5 heteroatoms. The fourth-order valence-electron chi connectivity index (χ4n) is 1.79. The number of aryl methyl sites for hydroxylation is 1. The average Bonchev–Trinajstić information content (AvgIpc) is 2.77. The molecule has 2 aromatic rings. The highest BCUT2D eigenvalue weighted by Crippen LogP contribution is 2.11.